The van der Waals surface area contributed by atoms with Crippen molar-refractivity contribution in [3.05, 3.63) is 0 Å². The molecular weight excluding hydrogens is 238 g/mol. The highest BCUT2D eigenvalue weighted by Gasteiger charge is 2.31. The molecule has 104 valence electrons. The largest absolute Gasteiger partial charge is 0.480 e. The summed E-state index contributed by atoms with van der Waals surface area (Å²) in [4.78, 5) is 22.4. The second-order valence-corrected chi connectivity index (χ2v) is 4.59. The van der Waals surface area contributed by atoms with Crippen LogP contribution in [0, 0.1) is 5.92 Å². The average molecular weight is 259 g/mol. The van der Waals surface area contributed by atoms with Crippen LogP contribution in [-0.2, 0) is 14.3 Å². The number of amides is 1. The first kappa shape index (κ1) is 14.9. The molecule has 0 radical (unpaired) electrons. The summed E-state index contributed by atoms with van der Waals surface area (Å²) in [6.07, 6.45) is 2.34. The number of aliphatic hydroxyl groups excluding tert-OH is 1. The zero-order chi connectivity index (χ0) is 13.5. The number of carbonyl (C=O) groups is 2. The van der Waals surface area contributed by atoms with E-state index in [-0.39, 0.29) is 31.0 Å². The quantitative estimate of drug-likeness (QED) is 0.576. The molecule has 1 rings (SSSR count). The van der Waals surface area contributed by atoms with Gasteiger partial charge < -0.3 is 20.3 Å². The molecule has 0 aliphatic heterocycles. The number of rotatable bonds is 8. The van der Waals surface area contributed by atoms with Crippen LogP contribution in [-0.4, -0.2) is 47.4 Å². The molecule has 0 aromatic rings. The van der Waals surface area contributed by atoms with E-state index < -0.39 is 12.0 Å². The maximum atomic E-state index is 11.6. The Morgan fingerprint density at radius 1 is 1.44 bits per heavy atom. The summed E-state index contributed by atoms with van der Waals surface area (Å²) in [7, 11) is 0. The molecule has 0 aromatic heterocycles. The molecule has 1 amide bonds. The Labute approximate surface area is 106 Å². The first-order valence-corrected chi connectivity index (χ1v) is 6.31. The van der Waals surface area contributed by atoms with E-state index in [0.29, 0.717) is 13.0 Å². The van der Waals surface area contributed by atoms with Gasteiger partial charge in [0, 0.05) is 26.1 Å². The van der Waals surface area contributed by atoms with Crippen molar-refractivity contribution in [2.45, 2.75) is 44.8 Å². The van der Waals surface area contributed by atoms with Crippen LogP contribution < -0.4 is 5.32 Å². The summed E-state index contributed by atoms with van der Waals surface area (Å²) in [5.74, 6) is -1.10. The molecule has 0 heterocycles. The van der Waals surface area contributed by atoms with Gasteiger partial charge in [-0.05, 0) is 25.7 Å². The minimum atomic E-state index is -1.11. The minimum absolute atomic E-state index is 0.0350. The van der Waals surface area contributed by atoms with Gasteiger partial charge in [0.25, 0.3) is 0 Å². The van der Waals surface area contributed by atoms with Crippen LogP contribution in [0.25, 0.3) is 0 Å². The molecule has 3 N–H and O–H groups in total. The number of aliphatic carboxylic acids is 1. The van der Waals surface area contributed by atoms with Crippen molar-refractivity contribution >= 4 is 11.9 Å². The van der Waals surface area contributed by atoms with Crippen LogP contribution in [0.4, 0.5) is 0 Å². The van der Waals surface area contributed by atoms with Crippen molar-refractivity contribution in [2.75, 3.05) is 13.2 Å². The number of hydrogen-bond donors (Lipinski definition) is 3. The summed E-state index contributed by atoms with van der Waals surface area (Å²) in [5, 5.41) is 19.9. The average Bonchev–Trinajstić information content (AvgIpc) is 2.25. The third-order valence-corrected chi connectivity index (χ3v) is 3.12. The fourth-order valence-corrected chi connectivity index (χ4v) is 2.11. The van der Waals surface area contributed by atoms with Gasteiger partial charge in [0.15, 0.2) is 0 Å². The molecule has 6 nitrogen and oxygen atoms in total. The standard InChI is InChI=1S/C12H21NO5/c1-2-18-9-5-8(6-9)7-11(15)13-10(3-4-14)12(16)17/h8-10,14H,2-7H2,1H3,(H,13,15)(H,16,17)/t8?,9?,10-/m1/s1. The van der Waals surface area contributed by atoms with E-state index in [1.807, 2.05) is 6.92 Å². The predicted octanol–water partition coefficient (Wildman–Crippen LogP) is 0.143. The number of carbonyl (C=O) groups excluding carboxylic acids is 1. The summed E-state index contributed by atoms with van der Waals surface area (Å²) in [6, 6.07) is -0.995. The molecule has 0 aromatic carbocycles. The molecule has 1 aliphatic carbocycles. The number of ether oxygens (including phenoxy) is 1. The van der Waals surface area contributed by atoms with E-state index in [0.717, 1.165) is 12.8 Å². The highest BCUT2D eigenvalue weighted by atomic mass is 16.5. The molecule has 18 heavy (non-hydrogen) atoms. The predicted molar refractivity (Wildman–Crippen MR) is 64.0 cm³/mol. The Bertz CT molecular complexity index is 288. The zero-order valence-corrected chi connectivity index (χ0v) is 10.6. The second-order valence-electron chi connectivity index (χ2n) is 4.59. The summed E-state index contributed by atoms with van der Waals surface area (Å²) in [5.41, 5.74) is 0. The first-order chi connectivity index (χ1) is 8.56. The summed E-state index contributed by atoms with van der Waals surface area (Å²) in [6.45, 7) is 2.36. The highest BCUT2D eigenvalue weighted by molar-refractivity contribution is 5.83. The number of nitrogens with one attached hydrogen (secondary N) is 1. The Kier molecular flexibility index (Phi) is 6.07. The second kappa shape index (κ2) is 7.33. The number of aliphatic hydroxyl groups is 1. The topological polar surface area (TPSA) is 95.9 Å². The van der Waals surface area contributed by atoms with Crippen LogP contribution in [0.1, 0.15) is 32.6 Å². The van der Waals surface area contributed by atoms with Crippen molar-refractivity contribution in [1.82, 2.24) is 5.32 Å². The lowest BCUT2D eigenvalue weighted by atomic mass is 9.80. The van der Waals surface area contributed by atoms with E-state index in [4.69, 9.17) is 14.9 Å². The number of hydrogen-bond acceptors (Lipinski definition) is 4. The lowest BCUT2D eigenvalue weighted by Crippen LogP contribution is -2.43. The SMILES string of the molecule is CCOC1CC(CC(=O)N[C@H](CCO)C(=O)O)C1. The van der Waals surface area contributed by atoms with Crippen molar-refractivity contribution in [3.8, 4) is 0 Å². The summed E-state index contributed by atoms with van der Waals surface area (Å²) >= 11 is 0. The van der Waals surface area contributed by atoms with Crippen molar-refractivity contribution in [3.63, 3.8) is 0 Å². The van der Waals surface area contributed by atoms with Gasteiger partial charge in [-0.15, -0.1) is 0 Å². The van der Waals surface area contributed by atoms with Gasteiger partial charge in [-0.1, -0.05) is 0 Å². The minimum Gasteiger partial charge on any atom is -0.480 e. The van der Waals surface area contributed by atoms with Gasteiger partial charge in [-0.2, -0.15) is 0 Å². The van der Waals surface area contributed by atoms with Crippen molar-refractivity contribution < 1.29 is 24.5 Å². The monoisotopic (exact) mass is 259 g/mol. The third kappa shape index (κ3) is 4.62. The summed E-state index contributed by atoms with van der Waals surface area (Å²) < 4.78 is 5.39. The van der Waals surface area contributed by atoms with E-state index in [1.54, 1.807) is 0 Å². The molecule has 1 atom stereocenters. The first-order valence-electron chi connectivity index (χ1n) is 6.31. The van der Waals surface area contributed by atoms with Crippen LogP contribution >= 0.6 is 0 Å². The van der Waals surface area contributed by atoms with Gasteiger partial charge in [0.1, 0.15) is 6.04 Å². The van der Waals surface area contributed by atoms with Crippen molar-refractivity contribution in [1.29, 1.82) is 0 Å². The Balaban J connectivity index is 2.23. The normalized spacial score (nSPS) is 24.1. The molecule has 0 bridgehead atoms. The lowest BCUT2D eigenvalue weighted by molar-refractivity contribution is -0.142. The van der Waals surface area contributed by atoms with Gasteiger partial charge in [-0.3, -0.25) is 4.79 Å². The molecule has 6 heteroatoms. The maximum Gasteiger partial charge on any atom is 0.326 e. The van der Waals surface area contributed by atoms with E-state index in [9.17, 15) is 9.59 Å². The van der Waals surface area contributed by atoms with Crippen LogP contribution in [0.2, 0.25) is 0 Å². The molecule has 0 spiro atoms. The smallest absolute Gasteiger partial charge is 0.326 e. The van der Waals surface area contributed by atoms with Crippen molar-refractivity contribution in [2.24, 2.45) is 5.92 Å². The number of carboxylic acid groups (broad SMARTS) is 1. The van der Waals surface area contributed by atoms with Crippen LogP contribution in [0.5, 0.6) is 0 Å². The maximum absolute atomic E-state index is 11.6. The fourth-order valence-electron chi connectivity index (χ4n) is 2.11. The van der Waals surface area contributed by atoms with Gasteiger partial charge >= 0.3 is 5.97 Å². The van der Waals surface area contributed by atoms with E-state index >= 15 is 0 Å². The van der Waals surface area contributed by atoms with Gasteiger partial charge in [0.05, 0.1) is 6.10 Å². The lowest BCUT2D eigenvalue weighted by Gasteiger charge is -2.34. The highest BCUT2D eigenvalue weighted by Crippen LogP contribution is 2.32. The Morgan fingerprint density at radius 3 is 2.61 bits per heavy atom. The molecule has 0 unspecified atom stereocenters. The molecule has 1 saturated carbocycles. The molecule has 1 fully saturated rings. The third-order valence-electron chi connectivity index (χ3n) is 3.12. The Hall–Kier alpha value is -1.14. The zero-order valence-electron chi connectivity index (χ0n) is 10.6. The van der Waals surface area contributed by atoms with E-state index in [1.165, 1.54) is 0 Å². The van der Waals surface area contributed by atoms with E-state index in [2.05, 4.69) is 5.32 Å². The number of carboxylic acids is 1. The van der Waals surface area contributed by atoms with Gasteiger partial charge in [0.2, 0.25) is 5.91 Å². The molecule has 1 aliphatic rings. The fraction of sp³-hybridized carbons (Fsp3) is 0.833. The van der Waals surface area contributed by atoms with Crippen LogP contribution in [0.3, 0.4) is 0 Å². The molecular formula is C12H21NO5. The van der Waals surface area contributed by atoms with Gasteiger partial charge in [-0.25, -0.2) is 4.79 Å². The van der Waals surface area contributed by atoms with Crippen LogP contribution in [0.15, 0.2) is 0 Å². The Morgan fingerprint density at radius 2 is 2.11 bits per heavy atom. The molecule has 0 saturated heterocycles.